The molecule has 2 aromatic rings. The van der Waals surface area contributed by atoms with E-state index >= 15 is 0 Å². The average Bonchev–Trinajstić information content (AvgIpc) is 2.72. The van der Waals surface area contributed by atoms with Crippen molar-refractivity contribution in [1.29, 1.82) is 0 Å². The first-order valence-electron chi connectivity index (χ1n) is 9.53. The van der Waals surface area contributed by atoms with Gasteiger partial charge in [0, 0.05) is 33.4 Å². The Morgan fingerprint density at radius 1 is 0.857 bits per heavy atom. The van der Waals surface area contributed by atoms with Gasteiger partial charge in [-0.25, -0.2) is 0 Å². The molecule has 0 atom stereocenters. The van der Waals surface area contributed by atoms with Gasteiger partial charge in [-0.05, 0) is 30.0 Å². The number of nitrogens with one attached hydrogen (secondary N) is 2. The molecule has 2 aromatic carbocycles. The molecule has 0 saturated carbocycles. The normalized spacial score (nSPS) is 11.0. The number of hydrogen-bond donors (Lipinski definition) is 2. The minimum absolute atomic E-state index is 0. The van der Waals surface area contributed by atoms with E-state index in [1.807, 2.05) is 25.1 Å². The van der Waals surface area contributed by atoms with Gasteiger partial charge in [0.15, 0.2) is 5.96 Å². The number of guanidine groups is 1. The van der Waals surface area contributed by atoms with E-state index in [0.29, 0.717) is 13.2 Å². The molecule has 154 valence electrons. The summed E-state index contributed by atoms with van der Waals surface area (Å²) in [6.45, 7) is 6.37. The van der Waals surface area contributed by atoms with Crippen molar-refractivity contribution < 1.29 is 9.47 Å². The minimum atomic E-state index is 0. The van der Waals surface area contributed by atoms with Crippen molar-refractivity contribution in [3.8, 4) is 0 Å². The summed E-state index contributed by atoms with van der Waals surface area (Å²) in [6.07, 6.45) is 0.965. The molecule has 5 nitrogen and oxygen atoms in total. The predicted molar refractivity (Wildman–Crippen MR) is 126 cm³/mol. The van der Waals surface area contributed by atoms with Gasteiger partial charge in [-0.3, -0.25) is 4.99 Å². The first-order chi connectivity index (χ1) is 13.3. The number of rotatable bonds is 11. The molecule has 0 amide bonds. The second-order valence-corrected chi connectivity index (χ2v) is 6.20. The fourth-order valence-corrected chi connectivity index (χ4v) is 2.55. The highest BCUT2D eigenvalue weighted by atomic mass is 127. The van der Waals surface area contributed by atoms with Crippen LogP contribution in [0.4, 0.5) is 0 Å². The lowest BCUT2D eigenvalue weighted by atomic mass is 10.1. The smallest absolute Gasteiger partial charge is 0.191 e. The van der Waals surface area contributed by atoms with Gasteiger partial charge >= 0.3 is 0 Å². The molecular weight excluding hydrogens is 465 g/mol. The molecule has 0 unspecified atom stereocenters. The zero-order valence-electron chi connectivity index (χ0n) is 16.8. The van der Waals surface area contributed by atoms with Crippen molar-refractivity contribution in [2.24, 2.45) is 4.99 Å². The SMILES string of the molecule is CCOCCCNC(=NC)NCc1ccc(COCc2ccccc2)cc1.I. The van der Waals surface area contributed by atoms with Crippen LogP contribution in [0.15, 0.2) is 59.6 Å². The van der Waals surface area contributed by atoms with Crippen molar-refractivity contribution in [2.75, 3.05) is 26.8 Å². The lowest BCUT2D eigenvalue weighted by Crippen LogP contribution is -2.37. The number of benzene rings is 2. The summed E-state index contributed by atoms with van der Waals surface area (Å²) in [6, 6.07) is 18.7. The summed E-state index contributed by atoms with van der Waals surface area (Å²) < 4.78 is 11.1. The summed E-state index contributed by atoms with van der Waals surface area (Å²) in [5, 5.41) is 6.62. The van der Waals surface area contributed by atoms with Gasteiger partial charge in [-0.2, -0.15) is 0 Å². The molecule has 0 aromatic heterocycles. The maximum Gasteiger partial charge on any atom is 0.191 e. The molecule has 0 bridgehead atoms. The first kappa shape index (κ1) is 24.4. The molecule has 2 N–H and O–H groups in total. The Kier molecular flexibility index (Phi) is 13.3. The van der Waals surface area contributed by atoms with Crippen molar-refractivity contribution in [1.82, 2.24) is 10.6 Å². The average molecular weight is 497 g/mol. The van der Waals surface area contributed by atoms with Crippen LogP contribution in [0, 0.1) is 0 Å². The van der Waals surface area contributed by atoms with E-state index in [0.717, 1.165) is 38.7 Å². The first-order valence-corrected chi connectivity index (χ1v) is 9.53. The van der Waals surface area contributed by atoms with Gasteiger partial charge in [0.2, 0.25) is 0 Å². The number of ether oxygens (including phenoxy) is 2. The van der Waals surface area contributed by atoms with Crippen LogP contribution in [0.25, 0.3) is 0 Å². The van der Waals surface area contributed by atoms with Crippen LogP contribution in [-0.4, -0.2) is 32.8 Å². The second kappa shape index (κ2) is 15.3. The molecular formula is C22H32IN3O2. The predicted octanol–water partition coefficient (Wildman–Crippen LogP) is 4.11. The molecule has 0 spiro atoms. The van der Waals surface area contributed by atoms with Crippen LogP contribution >= 0.6 is 24.0 Å². The van der Waals surface area contributed by atoms with Gasteiger partial charge < -0.3 is 20.1 Å². The van der Waals surface area contributed by atoms with E-state index in [4.69, 9.17) is 9.47 Å². The molecule has 2 rings (SSSR count). The molecule has 0 saturated heterocycles. The molecule has 0 aliphatic heterocycles. The highest BCUT2D eigenvalue weighted by molar-refractivity contribution is 14.0. The third-order valence-electron chi connectivity index (χ3n) is 4.05. The van der Waals surface area contributed by atoms with Crippen molar-refractivity contribution in [2.45, 2.75) is 33.1 Å². The summed E-state index contributed by atoms with van der Waals surface area (Å²) >= 11 is 0. The van der Waals surface area contributed by atoms with Gasteiger partial charge in [-0.1, -0.05) is 54.6 Å². The fraction of sp³-hybridized carbons (Fsp3) is 0.409. The van der Waals surface area contributed by atoms with Crippen LogP contribution in [0.1, 0.15) is 30.0 Å². The Hall–Kier alpha value is -1.64. The van der Waals surface area contributed by atoms with Crippen LogP contribution in [0.2, 0.25) is 0 Å². The second-order valence-electron chi connectivity index (χ2n) is 6.20. The Morgan fingerprint density at radius 3 is 2.14 bits per heavy atom. The highest BCUT2D eigenvalue weighted by Gasteiger charge is 2.00. The van der Waals surface area contributed by atoms with Gasteiger partial charge in [-0.15, -0.1) is 24.0 Å². The Labute approximate surface area is 186 Å². The number of hydrogen-bond acceptors (Lipinski definition) is 3. The maximum atomic E-state index is 5.78. The van der Waals surface area contributed by atoms with E-state index in [1.54, 1.807) is 7.05 Å². The third-order valence-corrected chi connectivity index (χ3v) is 4.05. The zero-order chi connectivity index (χ0) is 19.2. The third kappa shape index (κ3) is 10.1. The molecule has 0 fully saturated rings. The van der Waals surface area contributed by atoms with E-state index in [9.17, 15) is 0 Å². The molecule has 0 radical (unpaired) electrons. The number of halogens is 1. The topological polar surface area (TPSA) is 54.9 Å². The quantitative estimate of drug-likeness (QED) is 0.212. The summed E-state index contributed by atoms with van der Waals surface area (Å²) in [4.78, 5) is 4.24. The van der Waals surface area contributed by atoms with E-state index in [2.05, 4.69) is 52.0 Å². The van der Waals surface area contributed by atoms with Crippen molar-refractivity contribution in [3.05, 3.63) is 71.3 Å². The molecule has 0 aliphatic rings. The summed E-state index contributed by atoms with van der Waals surface area (Å²) in [7, 11) is 1.78. The summed E-state index contributed by atoms with van der Waals surface area (Å²) in [5.41, 5.74) is 3.57. The molecule has 28 heavy (non-hydrogen) atoms. The van der Waals surface area contributed by atoms with Crippen LogP contribution < -0.4 is 10.6 Å². The number of nitrogens with zero attached hydrogens (tertiary/aromatic N) is 1. The number of aliphatic imine (C=N–C) groups is 1. The molecule has 0 heterocycles. The van der Waals surface area contributed by atoms with E-state index in [1.165, 1.54) is 16.7 Å². The summed E-state index contributed by atoms with van der Waals surface area (Å²) in [5.74, 6) is 0.807. The lowest BCUT2D eigenvalue weighted by Gasteiger charge is -2.12. The zero-order valence-corrected chi connectivity index (χ0v) is 19.1. The van der Waals surface area contributed by atoms with E-state index < -0.39 is 0 Å². The fourth-order valence-electron chi connectivity index (χ4n) is 2.55. The van der Waals surface area contributed by atoms with Crippen LogP contribution in [0.3, 0.4) is 0 Å². The molecule has 0 aliphatic carbocycles. The minimum Gasteiger partial charge on any atom is -0.382 e. The Balaban J connectivity index is 0.00000392. The highest BCUT2D eigenvalue weighted by Crippen LogP contribution is 2.08. The van der Waals surface area contributed by atoms with Crippen molar-refractivity contribution >= 4 is 29.9 Å². The maximum absolute atomic E-state index is 5.78. The van der Waals surface area contributed by atoms with Crippen LogP contribution in [-0.2, 0) is 29.2 Å². The van der Waals surface area contributed by atoms with Crippen LogP contribution in [0.5, 0.6) is 0 Å². The van der Waals surface area contributed by atoms with Gasteiger partial charge in [0.1, 0.15) is 0 Å². The van der Waals surface area contributed by atoms with E-state index in [-0.39, 0.29) is 24.0 Å². The Morgan fingerprint density at radius 2 is 1.50 bits per heavy atom. The van der Waals surface area contributed by atoms with Gasteiger partial charge in [0.05, 0.1) is 13.2 Å². The monoisotopic (exact) mass is 497 g/mol. The Bertz CT molecular complexity index is 663. The van der Waals surface area contributed by atoms with Gasteiger partial charge in [0.25, 0.3) is 0 Å². The largest absolute Gasteiger partial charge is 0.382 e. The lowest BCUT2D eigenvalue weighted by molar-refractivity contribution is 0.107. The van der Waals surface area contributed by atoms with Crippen molar-refractivity contribution in [3.63, 3.8) is 0 Å². The molecule has 6 heteroatoms. The standard InChI is InChI=1S/C22H31N3O2.HI/c1-3-26-15-7-14-24-22(23-2)25-16-19-10-12-21(13-11-19)18-27-17-20-8-5-4-6-9-20;/h4-6,8-13H,3,7,14-18H2,1-2H3,(H2,23,24,25);1H.